The molecular formula is C20H26N2O4. The van der Waals surface area contributed by atoms with Crippen LogP contribution in [0.1, 0.15) is 32.8 Å². The van der Waals surface area contributed by atoms with E-state index in [0.717, 1.165) is 24.3 Å². The Morgan fingerprint density at radius 1 is 1.08 bits per heavy atom. The van der Waals surface area contributed by atoms with E-state index in [9.17, 15) is 9.59 Å². The Labute approximate surface area is 155 Å². The minimum atomic E-state index is -0.473. The number of nitrogens with zero attached hydrogens (tertiary/aromatic N) is 2. The standard InChI is InChI=1S/C20H26N2O4/c1-20(2,3)26-19(24)22-14-12-21(13-15-22)17-10-8-16(9-11-17)6-5-7-18(23)25-4/h8-11H,7,12-15H2,1-4H3. The fourth-order valence-corrected chi connectivity index (χ4v) is 2.52. The molecule has 1 heterocycles. The number of piperazine rings is 1. The highest BCUT2D eigenvalue weighted by Gasteiger charge is 2.25. The summed E-state index contributed by atoms with van der Waals surface area (Å²) in [6.45, 7) is 8.40. The molecule has 140 valence electrons. The highest BCUT2D eigenvalue weighted by Crippen LogP contribution is 2.18. The average molecular weight is 358 g/mol. The van der Waals surface area contributed by atoms with Gasteiger partial charge in [0.1, 0.15) is 12.0 Å². The van der Waals surface area contributed by atoms with Gasteiger partial charge in [-0.15, -0.1) is 0 Å². The van der Waals surface area contributed by atoms with Gasteiger partial charge in [0.25, 0.3) is 0 Å². The third-order valence-electron chi connectivity index (χ3n) is 3.86. The van der Waals surface area contributed by atoms with Crippen molar-refractivity contribution in [2.75, 3.05) is 38.2 Å². The zero-order valence-electron chi connectivity index (χ0n) is 15.9. The van der Waals surface area contributed by atoms with Gasteiger partial charge in [-0.25, -0.2) is 4.79 Å². The van der Waals surface area contributed by atoms with E-state index >= 15 is 0 Å². The van der Waals surface area contributed by atoms with Crippen LogP contribution in [0.4, 0.5) is 10.5 Å². The van der Waals surface area contributed by atoms with Crippen LogP contribution in [0.5, 0.6) is 0 Å². The highest BCUT2D eigenvalue weighted by atomic mass is 16.6. The van der Waals surface area contributed by atoms with E-state index in [4.69, 9.17) is 4.74 Å². The fourth-order valence-electron chi connectivity index (χ4n) is 2.52. The van der Waals surface area contributed by atoms with Crippen LogP contribution in [0.2, 0.25) is 0 Å². The third kappa shape index (κ3) is 5.99. The first-order chi connectivity index (χ1) is 12.3. The van der Waals surface area contributed by atoms with E-state index < -0.39 is 5.60 Å². The molecule has 6 heteroatoms. The van der Waals surface area contributed by atoms with Gasteiger partial charge in [-0.05, 0) is 45.0 Å². The van der Waals surface area contributed by atoms with Crippen molar-refractivity contribution in [3.63, 3.8) is 0 Å². The molecule has 1 aromatic carbocycles. The van der Waals surface area contributed by atoms with Crippen molar-refractivity contribution in [1.82, 2.24) is 4.90 Å². The smallest absolute Gasteiger partial charge is 0.410 e. The Hall–Kier alpha value is -2.68. The van der Waals surface area contributed by atoms with Gasteiger partial charge in [-0.2, -0.15) is 0 Å². The summed E-state index contributed by atoms with van der Waals surface area (Å²) in [6.07, 6.45) is -0.168. The number of rotatable bonds is 2. The first-order valence-corrected chi connectivity index (χ1v) is 8.67. The lowest BCUT2D eigenvalue weighted by molar-refractivity contribution is -0.139. The van der Waals surface area contributed by atoms with Crippen molar-refractivity contribution in [2.45, 2.75) is 32.8 Å². The maximum absolute atomic E-state index is 12.1. The quantitative estimate of drug-likeness (QED) is 0.601. The van der Waals surface area contributed by atoms with Crippen LogP contribution >= 0.6 is 0 Å². The van der Waals surface area contributed by atoms with Gasteiger partial charge in [0, 0.05) is 37.4 Å². The second-order valence-electron chi connectivity index (χ2n) is 7.06. The first kappa shape index (κ1) is 19.6. The molecule has 26 heavy (non-hydrogen) atoms. The van der Waals surface area contributed by atoms with Crippen LogP contribution in [0.25, 0.3) is 0 Å². The summed E-state index contributed by atoms with van der Waals surface area (Å²) in [5, 5.41) is 0. The number of benzene rings is 1. The summed E-state index contributed by atoms with van der Waals surface area (Å²) in [6, 6.07) is 7.87. The Balaban J connectivity index is 1.87. The molecule has 0 atom stereocenters. The molecule has 6 nitrogen and oxygen atoms in total. The van der Waals surface area contributed by atoms with Gasteiger partial charge in [0.05, 0.1) is 7.11 Å². The van der Waals surface area contributed by atoms with Crippen LogP contribution in [0.15, 0.2) is 24.3 Å². The average Bonchev–Trinajstić information content (AvgIpc) is 2.61. The summed E-state index contributed by atoms with van der Waals surface area (Å²) in [5.41, 5.74) is 1.47. The molecular weight excluding hydrogens is 332 g/mol. The van der Waals surface area contributed by atoms with Gasteiger partial charge in [0.15, 0.2) is 0 Å². The molecule has 0 bridgehead atoms. The van der Waals surface area contributed by atoms with Crippen molar-refractivity contribution in [3.8, 4) is 11.8 Å². The number of amides is 1. The molecule has 1 fully saturated rings. The zero-order chi connectivity index (χ0) is 19.2. The molecule has 0 saturated carbocycles. The fraction of sp³-hybridized carbons (Fsp3) is 0.500. The largest absolute Gasteiger partial charge is 0.468 e. The number of methoxy groups -OCH3 is 1. The minimum absolute atomic E-state index is 0.0882. The summed E-state index contributed by atoms with van der Waals surface area (Å²) in [4.78, 5) is 27.1. The molecule has 0 spiro atoms. The topological polar surface area (TPSA) is 59.1 Å². The van der Waals surface area contributed by atoms with Gasteiger partial charge >= 0.3 is 12.1 Å². The van der Waals surface area contributed by atoms with Crippen LogP contribution in [0, 0.1) is 11.8 Å². The van der Waals surface area contributed by atoms with Crippen molar-refractivity contribution in [2.24, 2.45) is 0 Å². The summed E-state index contributed by atoms with van der Waals surface area (Å²) >= 11 is 0. The van der Waals surface area contributed by atoms with Crippen molar-refractivity contribution < 1.29 is 19.1 Å². The number of hydrogen-bond acceptors (Lipinski definition) is 5. The number of carbonyl (C=O) groups excluding carboxylic acids is 2. The summed E-state index contributed by atoms with van der Waals surface area (Å²) < 4.78 is 9.97. The number of ether oxygens (including phenoxy) is 2. The normalized spacial score (nSPS) is 14.3. The second kappa shape index (κ2) is 8.61. The van der Waals surface area contributed by atoms with E-state index in [1.165, 1.54) is 7.11 Å². The van der Waals surface area contributed by atoms with E-state index in [1.807, 2.05) is 45.0 Å². The van der Waals surface area contributed by atoms with Crippen LogP contribution in [-0.2, 0) is 14.3 Å². The van der Waals surface area contributed by atoms with Gasteiger partial charge in [0.2, 0.25) is 0 Å². The van der Waals surface area contributed by atoms with Gasteiger partial charge in [-0.3, -0.25) is 4.79 Å². The molecule has 0 aliphatic carbocycles. The molecule has 0 unspecified atom stereocenters. The SMILES string of the molecule is COC(=O)CC#Cc1ccc(N2CCN(C(=O)OC(C)(C)C)CC2)cc1. The van der Waals surface area contributed by atoms with Gasteiger partial charge < -0.3 is 19.3 Å². The van der Waals surface area contributed by atoms with Crippen molar-refractivity contribution >= 4 is 17.7 Å². The first-order valence-electron chi connectivity index (χ1n) is 8.67. The second-order valence-corrected chi connectivity index (χ2v) is 7.06. The van der Waals surface area contributed by atoms with Crippen LogP contribution in [-0.4, -0.2) is 55.9 Å². The predicted molar refractivity (Wildman–Crippen MR) is 100.0 cm³/mol. The summed E-state index contributed by atoms with van der Waals surface area (Å²) in [7, 11) is 1.35. The zero-order valence-corrected chi connectivity index (χ0v) is 15.9. The maximum atomic E-state index is 12.1. The van der Waals surface area contributed by atoms with E-state index in [2.05, 4.69) is 21.5 Å². The summed E-state index contributed by atoms with van der Waals surface area (Å²) in [5.74, 6) is 5.40. The minimum Gasteiger partial charge on any atom is -0.468 e. The Morgan fingerprint density at radius 3 is 2.23 bits per heavy atom. The Kier molecular flexibility index (Phi) is 6.51. The molecule has 1 aliphatic heterocycles. The molecule has 1 aliphatic rings. The molecule has 2 rings (SSSR count). The Bertz CT molecular complexity index is 687. The van der Waals surface area contributed by atoms with E-state index in [1.54, 1.807) is 4.90 Å². The predicted octanol–water partition coefficient (Wildman–Crippen LogP) is 2.66. The van der Waals surface area contributed by atoms with Crippen molar-refractivity contribution in [3.05, 3.63) is 29.8 Å². The maximum Gasteiger partial charge on any atom is 0.410 e. The molecule has 0 N–H and O–H groups in total. The Morgan fingerprint density at radius 2 is 1.69 bits per heavy atom. The molecule has 1 saturated heterocycles. The number of esters is 1. The third-order valence-corrected chi connectivity index (χ3v) is 3.86. The number of carbonyl (C=O) groups is 2. The van der Waals surface area contributed by atoms with Crippen LogP contribution in [0.3, 0.4) is 0 Å². The molecule has 0 radical (unpaired) electrons. The van der Waals surface area contributed by atoms with E-state index in [0.29, 0.717) is 13.1 Å². The van der Waals surface area contributed by atoms with E-state index in [-0.39, 0.29) is 18.5 Å². The van der Waals surface area contributed by atoms with Crippen LogP contribution < -0.4 is 4.90 Å². The molecule has 1 amide bonds. The van der Waals surface area contributed by atoms with Gasteiger partial charge in [-0.1, -0.05) is 11.8 Å². The lowest BCUT2D eigenvalue weighted by Gasteiger charge is -2.36. The highest BCUT2D eigenvalue weighted by molar-refractivity contribution is 5.72. The molecule has 1 aromatic rings. The molecule has 0 aromatic heterocycles. The lowest BCUT2D eigenvalue weighted by Crippen LogP contribution is -2.50. The van der Waals surface area contributed by atoms with Crippen molar-refractivity contribution in [1.29, 1.82) is 0 Å². The lowest BCUT2D eigenvalue weighted by atomic mass is 10.1. The monoisotopic (exact) mass is 358 g/mol. The number of hydrogen-bond donors (Lipinski definition) is 0. The number of anilines is 1.